The lowest BCUT2D eigenvalue weighted by atomic mass is 10.1. The smallest absolute Gasteiger partial charge is 0.127 e. The Balaban J connectivity index is 3.67. The molecule has 1 N–H and O–H groups in total. The maximum absolute atomic E-state index is 9.05. The summed E-state index contributed by atoms with van der Waals surface area (Å²) in [6, 6.07) is 2.50. The van der Waals surface area contributed by atoms with Crippen molar-refractivity contribution in [2.24, 2.45) is 0 Å². The van der Waals surface area contributed by atoms with Gasteiger partial charge in [-0.15, -0.1) is 0 Å². The SMILES string of the molecule is CCCOCCOCC(C)(C#N)NC(C)C. The number of ether oxygens (including phenoxy) is 2. The third kappa shape index (κ3) is 7.63. The van der Waals surface area contributed by atoms with Gasteiger partial charge in [0.1, 0.15) is 5.54 Å². The van der Waals surface area contributed by atoms with Gasteiger partial charge in [0.15, 0.2) is 0 Å². The summed E-state index contributed by atoms with van der Waals surface area (Å²) in [6.45, 7) is 10.2. The Morgan fingerprint density at radius 3 is 2.38 bits per heavy atom. The van der Waals surface area contributed by atoms with Crippen LogP contribution in [0.5, 0.6) is 0 Å². The van der Waals surface area contributed by atoms with Gasteiger partial charge in [0.25, 0.3) is 0 Å². The number of nitrogens with zero attached hydrogens (tertiary/aromatic N) is 1. The minimum atomic E-state index is -0.612. The molecule has 94 valence electrons. The van der Waals surface area contributed by atoms with Gasteiger partial charge in [-0.1, -0.05) is 6.92 Å². The molecular weight excluding hydrogens is 204 g/mol. The van der Waals surface area contributed by atoms with Crippen molar-refractivity contribution in [1.82, 2.24) is 5.32 Å². The lowest BCUT2D eigenvalue weighted by molar-refractivity contribution is 0.0311. The molecule has 0 aliphatic rings. The van der Waals surface area contributed by atoms with Gasteiger partial charge in [-0.05, 0) is 27.2 Å². The van der Waals surface area contributed by atoms with E-state index in [2.05, 4.69) is 18.3 Å². The topological polar surface area (TPSA) is 54.3 Å². The summed E-state index contributed by atoms with van der Waals surface area (Å²) in [5.74, 6) is 0. The van der Waals surface area contributed by atoms with E-state index in [9.17, 15) is 0 Å². The minimum absolute atomic E-state index is 0.268. The van der Waals surface area contributed by atoms with Crippen LogP contribution in [0.1, 0.15) is 34.1 Å². The predicted molar refractivity (Wildman–Crippen MR) is 64.2 cm³/mol. The van der Waals surface area contributed by atoms with Crippen LogP contribution in [-0.4, -0.2) is 38.0 Å². The maximum atomic E-state index is 9.05. The fourth-order valence-corrected chi connectivity index (χ4v) is 1.38. The van der Waals surface area contributed by atoms with E-state index >= 15 is 0 Å². The van der Waals surface area contributed by atoms with Gasteiger partial charge >= 0.3 is 0 Å². The monoisotopic (exact) mass is 228 g/mol. The largest absolute Gasteiger partial charge is 0.379 e. The van der Waals surface area contributed by atoms with Crippen molar-refractivity contribution in [2.45, 2.75) is 45.7 Å². The zero-order chi connectivity index (χ0) is 12.4. The van der Waals surface area contributed by atoms with Gasteiger partial charge in [0.2, 0.25) is 0 Å². The number of hydrogen-bond donors (Lipinski definition) is 1. The summed E-state index contributed by atoms with van der Waals surface area (Å²) in [4.78, 5) is 0. The molecule has 0 aromatic rings. The average Bonchev–Trinajstić information content (AvgIpc) is 2.22. The highest BCUT2D eigenvalue weighted by molar-refractivity contribution is 5.04. The molecule has 0 aromatic heterocycles. The fourth-order valence-electron chi connectivity index (χ4n) is 1.38. The van der Waals surface area contributed by atoms with Crippen molar-refractivity contribution in [3.05, 3.63) is 0 Å². The minimum Gasteiger partial charge on any atom is -0.379 e. The molecule has 0 heterocycles. The highest BCUT2D eigenvalue weighted by Gasteiger charge is 2.24. The van der Waals surface area contributed by atoms with Crippen LogP contribution in [0.3, 0.4) is 0 Å². The molecule has 1 atom stereocenters. The average molecular weight is 228 g/mol. The Bertz CT molecular complexity index is 214. The Morgan fingerprint density at radius 1 is 1.25 bits per heavy atom. The summed E-state index contributed by atoms with van der Waals surface area (Å²) < 4.78 is 10.7. The predicted octanol–water partition coefficient (Wildman–Crippen LogP) is 1.71. The normalized spacial score (nSPS) is 14.8. The molecule has 0 amide bonds. The zero-order valence-electron chi connectivity index (χ0n) is 10.9. The van der Waals surface area contributed by atoms with Gasteiger partial charge in [0.05, 0.1) is 25.9 Å². The van der Waals surface area contributed by atoms with E-state index < -0.39 is 5.54 Å². The summed E-state index contributed by atoms with van der Waals surface area (Å²) in [7, 11) is 0. The molecule has 0 spiro atoms. The van der Waals surface area contributed by atoms with E-state index in [1.165, 1.54) is 0 Å². The molecule has 0 fully saturated rings. The molecular formula is C12H24N2O2. The van der Waals surface area contributed by atoms with E-state index in [0.29, 0.717) is 19.8 Å². The van der Waals surface area contributed by atoms with Gasteiger partial charge in [-0.3, -0.25) is 5.32 Å². The second-order valence-corrected chi connectivity index (χ2v) is 4.41. The first-order valence-electron chi connectivity index (χ1n) is 5.88. The first-order valence-corrected chi connectivity index (χ1v) is 5.88. The molecule has 4 heteroatoms. The number of hydrogen-bond acceptors (Lipinski definition) is 4. The molecule has 0 aromatic carbocycles. The lowest BCUT2D eigenvalue weighted by Gasteiger charge is -2.25. The number of nitrogens with one attached hydrogen (secondary N) is 1. The summed E-state index contributed by atoms with van der Waals surface area (Å²) in [5, 5.41) is 12.2. The van der Waals surface area contributed by atoms with E-state index in [4.69, 9.17) is 14.7 Å². The van der Waals surface area contributed by atoms with E-state index in [0.717, 1.165) is 13.0 Å². The highest BCUT2D eigenvalue weighted by Crippen LogP contribution is 2.04. The summed E-state index contributed by atoms with van der Waals surface area (Å²) in [5.41, 5.74) is -0.612. The first-order chi connectivity index (χ1) is 7.54. The van der Waals surface area contributed by atoms with Crippen LogP contribution in [0, 0.1) is 11.3 Å². The van der Waals surface area contributed by atoms with Gasteiger partial charge < -0.3 is 9.47 Å². The Kier molecular flexibility index (Phi) is 8.18. The molecule has 4 nitrogen and oxygen atoms in total. The van der Waals surface area contributed by atoms with E-state index in [1.54, 1.807) is 0 Å². The fraction of sp³-hybridized carbons (Fsp3) is 0.917. The molecule has 0 rings (SSSR count). The van der Waals surface area contributed by atoms with Crippen molar-refractivity contribution < 1.29 is 9.47 Å². The van der Waals surface area contributed by atoms with Crippen LogP contribution in [0.25, 0.3) is 0 Å². The maximum Gasteiger partial charge on any atom is 0.127 e. The van der Waals surface area contributed by atoms with Crippen LogP contribution < -0.4 is 5.32 Å². The van der Waals surface area contributed by atoms with Crippen LogP contribution in [-0.2, 0) is 9.47 Å². The highest BCUT2D eigenvalue weighted by atomic mass is 16.5. The Labute approximate surface area is 98.9 Å². The second kappa shape index (κ2) is 8.51. The van der Waals surface area contributed by atoms with Crippen molar-refractivity contribution in [3.63, 3.8) is 0 Å². The third-order valence-corrected chi connectivity index (χ3v) is 1.97. The van der Waals surface area contributed by atoms with Crippen LogP contribution >= 0.6 is 0 Å². The Morgan fingerprint density at radius 2 is 1.88 bits per heavy atom. The van der Waals surface area contributed by atoms with Gasteiger partial charge in [-0.25, -0.2) is 0 Å². The number of rotatable bonds is 9. The van der Waals surface area contributed by atoms with Gasteiger partial charge in [0, 0.05) is 12.6 Å². The van der Waals surface area contributed by atoms with Crippen molar-refractivity contribution in [2.75, 3.05) is 26.4 Å². The lowest BCUT2D eigenvalue weighted by Crippen LogP contribution is -2.48. The molecule has 0 saturated carbocycles. The van der Waals surface area contributed by atoms with E-state index in [-0.39, 0.29) is 6.04 Å². The van der Waals surface area contributed by atoms with Crippen LogP contribution in [0.15, 0.2) is 0 Å². The Hall–Kier alpha value is -0.630. The standard InChI is InChI=1S/C12H24N2O2/c1-5-6-15-7-8-16-10-12(4,9-13)14-11(2)3/h11,14H,5-8,10H2,1-4H3. The third-order valence-electron chi connectivity index (χ3n) is 1.97. The molecule has 0 bridgehead atoms. The zero-order valence-corrected chi connectivity index (χ0v) is 10.9. The van der Waals surface area contributed by atoms with Crippen LogP contribution in [0.4, 0.5) is 0 Å². The molecule has 0 aliphatic heterocycles. The molecule has 0 saturated heterocycles. The summed E-state index contributed by atoms with van der Waals surface area (Å²) in [6.07, 6.45) is 1.02. The first kappa shape index (κ1) is 15.4. The quantitative estimate of drug-likeness (QED) is 0.610. The molecule has 1 unspecified atom stereocenters. The van der Waals surface area contributed by atoms with Gasteiger partial charge in [-0.2, -0.15) is 5.26 Å². The second-order valence-electron chi connectivity index (χ2n) is 4.41. The molecule has 0 aliphatic carbocycles. The summed E-state index contributed by atoms with van der Waals surface area (Å²) >= 11 is 0. The molecule has 0 radical (unpaired) electrons. The van der Waals surface area contributed by atoms with E-state index in [1.807, 2.05) is 20.8 Å². The number of nitriles is 1. The van der Waals surface area contributed by atoms with Crippen LogP contribution in [0.2, 0.25) is 0 Å². The van der Waals surface area contributed by atoms with Crippen molar-refractivity contribution >= 4 is 0 Å². The van der Waals surface area contributed by atoms with Crippen molar-refractivity contribution in [1.29, 1.82) is 5.26 Å². The van der Waals surface area contributed by atoms with Crippen molar-refractivity contribution in [3.8, 4) is 6.07 Å². The molecule has 16 heavy (non-hydrogen) atoms.